The number of benzene rings is 1. The summed E-state index contributed by atoms with van der Waals surface area (Å²) in [6.45, 7) is 0.545. The highest BCUT2D eigenvalue weighted by atomic mass is 35.5. The Hall–Kier alpha value is -1.15. The first kappa shape index (κ1) is 15.2. The molecule has 6 nitrogen and oxygen atoms in total. The van der Waals surface area contributed by atoms with Gasteiger partial charge >= 0.3 is 0 Å². The Bertz CT molecular complexity index is 639. The van der Waals surface area contributed by atoms with E-state index in [9.17, 15) is 13.2 Å². The Kier molecular flexibility index (Phi) is 4.06. The molecule has 0 bridgehead atoms. The van der Waals surface area contributed by atoms with Crippen molar-refractivity contribution in [3.05, 3.63) is 23.2 Å². The molecule has 0 aromatic heterocycles. The molecule has 3 N–H and O–H groups in total. The average Bonchev–Trinajstić information content (AvgIpc) is 2.79. The van der Waals surface area contributed by atoms with Crippen molar-refractivity contribution in [1.29, 1.82) is 0 Å². The molecule has 1 aliphatic heterocycles. The van der Waals surface area contributed by atoms with Crippen LogP contribution in [0.3, 0.4) is 0 Å². The molecular weight excluding hydrogens is 304 g/mol. The van der Waals surface area contributed by atoms with Crippen molar-refractivity contribution in [3.8, 4) is 0 Å². The first-order valence-electron chi connectivity index (χ1n) is 5.90. The summed E-state index contributed by atoms with van der Waals surface area (Å²) in [6.07, 6.45) is 1.49. The lowest BCUT2D eigenvalue weighted by Gasteiger charge is -2.21. The van der Waals surface area contributed by atoms with Crippen LogP contribution in [0, 0.1) is 0 Å². The maximum Gasteiger partial charge on any atom is 0.246 e. The van der Waals surface area contributed by atoms with Gasteiger partial charge in [-0.2, -0.15) is 0 Å². The van der Waals surface area contributed by atoms with Crippen molar-refractivity contribution < 1.29 is 17.9 Å². The number of amides is 1. The molecule has 1 atom stereocenters. The fourth-order valence-electron chi connectivity index (χ4n) is 1.84. The van der Waals surface area contributed by atoms with Gasteiger partial charge in [0.05, 0.1) is 22.2 Å². The summed E-state index contributed by atoms with van der Waals surface area (Å²) in [5.74, 6) is -0.442. The van der Waals surface area contributed by atoms with Gasteiger partial charge in [0.15, 0.2) is 9.84 Å². The topological polar surface area (TPSA) is 98.5 Å². The number of hydrogen-bond donors (Lipinski definition) is 2. The standard InChI is InChI=1S/C12H15ClN2O4S/c1-20(17,18)8-2-3-9(13)10(6-8)15-11(16)12(14)4-5-19-7-12/h2-3,6H,4-5,7,14H2,1H3,(H,15,16). The van der Waals surface area contributed by atoms with Crippen LogP contribution in [0.5, 0.6) is 0 Å². The van der Waals surface area contributed by atoms with Crippen molar-refractivity contribution in [2.75, 3.05) is 24.8 Å². The number of carbonyl (C=O) groups excluding carboxylic acids is 1. The molecule has 0 aliphatic carbocycles. The average molecular weight is 319 g/mol. The minimum atomic E-state index is -3.38. The number of rotatable bonds is 3. The molecule has 1 saturated heterocycles. The van der Waals surface area contributed by atoms with Gasteiger partial charge in [0, 0.05) is 12.9 Å². The van der Waals surface area contributed by atoms with Gasteiger partial charge in [0.1, 0.15) is 5.54 Å². The molecule has 1 amide bonds. The monoisotopic (exact) mass is 318 g/mol. The summed E-state index contributed by atoms with van der Waals surface area (Å²) < 4.78 is 28.1. The number of hydrogen-bond acceptors (Lipinski definition) is 5. The second-order valence-electron chi connectivity index (χ2n) is 4.83. The van der Waals surface area contributed by atoms with Crippen LogP contribution in [-0.4, -0.2) is 39.3 Å². The van der Waals surface area contributed by atoms with Crippen LogP contribution in [0.4, 0.5) is 5.69 Å². The van der Waals surface area contributed by atoms with Crippen molar-refractivity contribution in [2.24, 2.45) is 5.73 Å². The third kappa shape index (κ3) is 3.12. The molecule has 110 valence electrons. The van der Waals surface area contributed by atoms with E-state index < -0.39 is 21.3 Å². The SMILES string of the molecule is CS(=O)(=O)c1ccc(Cl)c(NC(=O)C2(N)CCOC2)c1. The smallest absolute Gasteiger partial charge is 0.246 e. The molecule has 1 unspecified atom stereocenters. The summed E-state index contributed by atoms with van der Waals surface area (Å²) >= 11 is 5.96. The van der Waals surface area contributed by atoms with Crippen LogP contribution in [0.1, 0.15) is 6.42 Å². The summed E-state index contributed by atoms with van der Waals surface area (Å²) in [4.78, 5) is 12.2. The minimum absolute atomic E-state index is 0.0749. The predicted molar refractivity (Wildman–Crippen MR) is 75.5 cm³/mol. The van der Waals surface area contributed by atoms with Gasteiger partial charge in [-0.05, 0) is 24.6 Å². The number of sulfone groups is 1. The van der Waals surface area contributed by atoms with Gasteiger partial charge in [-0.25, -0.2) is 8.42 Å². The van der Waals surface area contributed by atoms with E-state index in [1.807, 2.05) is 0 Å². The van der Waals surface area contributed by atoms with E-state index in [4.69, 9.17) is 22.1 Å². The molecule has 2 rings (SSSR count). The third-order valence-corrected chi connectivity index (χ3v) is 4.56. The number of carbonyl (C=O) groups is 1. The van der Waals surface area contributed by atoms with Crippen molar-refractivity contribution in [2.45, 2.75) is 16.9 Å². The molecule has 8 heteroatoms. The highest BCUT2D eigenvalue weighted by molar-refractivity contribution is 7.90. The Morgan fingerprint density at radius 1 is 1.50 bits per heavy atom. The molecule has 1 aliphatic rings. The van der Waals surface area contributed by atoms with E-state index >= 15 is 0 Å². The van der Waals surface area contributed by atoms with E-state index in [-0.39, 0.29) is 22.2 Å². The Morgan fingerprint density at radius 2 is 2.20 bits per heavy atom. The van der Waals surface area contributed by atoms with Crippen LogP contribution in [0.2, 0.25) is 5.02 Å². The molecule has 0 radical (unpaired) electrons. The summed E-state index contributed by atoms with van der Waals surface area (Å²) in [6, 6.07) is 4.11. The van der Waals surface area contributed by atoms with Gasteiger partial charge in [-0.1, -0.05) is 11.6 Å². The predicted octanol–water partition coefficient (Wildman–Crippen LogP) is 0.800. The van der Waals surface area contributed by atoms with E-state index in [1.165, 1.54) is 18.2 Å². The van der Waals surface area contributed by atoms with Gasteiger partial charge < -0.3 is 15.8 Å². The second-order valence-corrected chi connectivity index (χ2v) is 7.25. The first-order chi connectivity index (χ1) is 9.22. The molecule has 0 saturated carbocycles. The maximum absolute atomic E-state index is 12.1. The maximum atomic E-state index is 12.1. The number of halogens is 1. The fourth-order valence-corrected chi connectivity index (χ4v) is 2.65. The Balaban J connectivity index is 2.27. The van der Waals surface area contributed by atoms with E-state index in [2.05, 4.69) is 5.32 Å². The fraction of sp³-hybridized carbons (Fsp3) is 0.417. The van der Waals surface area contributed by atoms with Crippen LogP contribution in [-0.2, 0) is 19.4 Å². The lowest BCUT2D eigenvalue weighted by molar-refractivity contribution is -0.121. The number of nitrogens with one attached hydrogen (secondary N) is 1. The number of ether oxygens (including phenoxy) is 1. The second kappa shape index (κ2) is 5.33. The third-order valence-electron chi connectivity index (χ3n) is 3.12. The van der Waals surface area contributed by atoms with E-state index in [0.29, 0.717) is 13.0 Å². The molecule has 1 heterocycles. The Labute approximate surface area is 122 Å². The lowest BCUT2D eigenvalue weighted by atomic mass is 9.99. The molecule has 1 aromatic rings. The van der Waals surface area contributed by atoms with Gasteiger partial charge in [0.25, 0.3) is 0 Å². The molecule has 20 heavy (non-hydrogen) atoms. The van der Waals surface area contributed by atoms with E-state index in [1.54, 1.807) is 0 Å². The normalized spacial score (nSPS) is 22.8. The zero-order chi connectivity index (χ0) is 15.0. The quantitative estimate of drug-likeness (QED) is 0.859. The van der Waals surface area contributed by atoms with Gasteiger partial charge in [-0.3, -0.25) is 4.79 Å². The lowest BCUT2D eigenvalue weighted by Crippen LogP contribution is -2.51. The van der Waals surface area contributed by atoms with Crippen LogP contribution in [0.25, 0.3) is 0 Å². The summed E-state index contributed by atoms with van der Waals surface area (Å²) in [5.41, 5.74) is 5.04. The summed E-state index contributed by atoms with van der Waals surface area (Å²) in [5, 5.41) is 2.81. The van der Waals surface area contributed by atoms with Crippen molar-refractivity contribution >= 4 is 33.0 Å². The number of nitrogens with two attached hydrogens (primary N) is 1. The molecule has 0 spiro atoms. The van der Waals surface area contributed by atoms with Crippen LogP contribution < -0.4 is 11.1 Å². The van der Waals surface area contributed by atoms with Crippen LogP contribution in [0.15, 0.2) is 23.1 Å². The zero-order valence-electron chi connectivity index (χ0n) is 10.8. The van der Waals surface area contributed by atoms with Crippen molar-refractivity contribution in [1.82, 2.24) is 0 Å². The van der Waals surface area contributed by atoms with Gasteiger partial charge in [-0.15, -0.1) is 0 Å². The summed E-state index contributed by atoms with van der Waals surface area (Å²) in [7, 11) is -3.38. The highest BCUT2D eigenvalue weighted by Crippen LogP contribution is 2.27. The van der Waals surface area contributed by atoms with E-state index in [0.717, 1.165) is 6.26 Å². The Morgan fingerprint density at radius 3 is 2.75 bits per heavy atom. The van der Waals surface area contributed by atoms with Crippen molar-refractivity contribution in [3.63, 3.8) is 0 Å². The first-order valence-corrected chi connectivity index (χ1v) is 8.17. The largest absolute Gasteiger partial charge is 0.379 e. The molecule has 1 fully saturated rings. The van der Waals surface area contributed by atoms with Crippen LogP contribution >= 0.6 is 11.6 Å². The molecular formula is C12H15ClN2O4S. The van der Waals surface area contributed by atoms with Gasteiger partial charge in [0.2, 0.25) is 5.91 Å². The minimum Gasteiger partial charge on any atom is -0.379 e. The number of anilines is 1. The zero-order valence-corrected chi connectivity index (χ0v) is 12.4. The molecule has 1 aromatic carbocycles. The highest BCUT2D eigenvalue weighted by Gasteiger charge is 2.38.